The van der Waals surface area contributed by atoms with Gasteiger partial charge >= 0.3 is 0 Å². The van der Waals surface area contributed by atoms with Crippen molar-refractivity contribution in [3.05, 3.63) is 35.2 Å². The van der Waals surface area contributed by atoms with Gasteiger partial charge in [-0.15, -0.1) is 0 Å². The molecule has 1 aromatic rings. The summed E-state index contributed by atoms with van der Waals surface area (Å²) < 4.78 is 11.0. The molecule has 0 spiro atoms. The second kappa shape index (κ2) is 6.73. The van der Waals surface area contributed by atoms with E-state index in [0.717, 1.165) is 23.5 Å². The van der Waals surface area contributed by atoms with Crippen molar-refractivity contribution in [2.45, 2.75) is 20.3 Å². The molecule has 0 heterocycles. The molecular formula is C13H17NO2. The van der Waals surface area contributed by atoms with Crippen LogP contribution in [0.3, 0.4) is 0 Å². The fourth-order valence-electron chi connectivity index (χ4n) is 1.44. The highest BCUT2D eigenvalue weighted by molar-refractivity contribution is 5.43. The van der Waals surface area contributed by atoms with E-state index in [1.54, 1.807) is 0 Å². The Morgan fingerprint density at radius 3 is 2.44 bits per heavy atom. The van der Waals surface area contributed by atoms with E-state index in [0.29, 0.717) is 19.8 Å². The van der Waals surface area contributed by atoms with Crippen molar-refractivity contribution >= 4 is 0 Å². The van der Waals surface area contributed by atoms with Crippen LogP contribution in [0.25, 0.3) is 4.85 Å². The van der Waals surface area contributed by atoms with Crippen molar-refractivity contribution in [2.75, 3.05) is 19.8 Å². The number of hydrogen-bond acceptors (Lipinski definition) is 2. The van der Waals surface area contributed by atoms with Crippen molar-refractivity contribution in [3.8, 4) is 11.5 Å². The topological polar surface area (TPSA) is 22.8 Å². The molecule has 0 saturated carbocycles. The SMILES string of the molecule is [C-]#[N+]CCc1ccc(OCC)c(OCC)c1. The van der Waals surface area contributed by atoms with Crippen molar-refractivity contribution in [1.29, 1.82) is 0 Å². The Labute approximate surface area is 96.8 Å². The van der Waals surface area contributed by atoms with Crippen LogP contribution in [-0.4, -0.2) is 19.8 Å². The lowest BCUT2D eigenvalue weighted by molar-refractivity contribution is 0.287. The van der Waals surface area contributed by atoms with Gasteiger partial charge in [-0.3, -0.25) is 0 Å². The van der Waals surface area contributed by atoms with E-state index in [2.05, 4.69) is 4.85 Å². The van der Waals surface area contributed by atoms with E-state index < -0.39 is 0 Å². The minimum absolute atomic E-state index is 0.513. The standard InChI is InChI=1S/C13H17NO2/c1-4-15-12-7-6-11(8-9-14-3)10-13(12)16-5-2/h6-7,10H,4-5,8-9H2,1-2H3. The van der Waals surface area contributed by atoms with Gasteiger partial charge in [-0.25, -0.2) is 6.57 Å². The molecule has 3 nitrogen and oxygen atoms in total. The summed E-state index contributed by atoms with van der Waals surface area (Å²) in [5.41, 5.74) is 1.11. The van der Waals surface area contributed by atoms with Gasteiger partial charge in [-0.05, 0) is 31.5 Å². The Morgan fingerprint density at radius 2 is 1.81 bits per heavy atom. The van der Waals surface area contributed by atoms with Gasteiger partial charge in [0.15, 0.2) is 11.5 Å². The smallest absolute Gasteiger partial charge is 0.218 e. The Morgan fingerprint density at radius 1 is 1.12 bits per heavy atom. The first-order chi connectivity index (χ1) is 7.81. The van der Waals surface area contributed by atoms with Gasteiger partial charge in [-0.1, -0.05) is 6.07 Å². The second-order valence-electron chi connectivity index (χ2n) is 3.28. The third kappa shape index (κ3) is 3.47. The van der Waals surface area contributed by atoms with Gasteiger partial charge in [0.25, 0.3) is 0 Å². The number of hydrogen-bond donors (Lipinski definition) is 0. The maximum Gasteiger partial charge on any atom is 0.218 e. The summed E-state index contributed by atoms with van der Waals surface area (Å²) in [5.74, 6) is 1.54. The van der Waals surface area contributed by atoms with Crippen LogP contribution in [-0.2, 0) is 6.42 Å². The molecule has 0 atom stereocenters. The summed E-state index contributed by atoms with van der Waals surface area (Å²) in [7, 11) is 0. The highest BCUT2D eigenvalue weighted by atomic mass is 16.5. The lowest BCUT2D eigenvalue weighted by atomic mass is 10.1. The predicted molar refractivity (Wildman–Crippen MR) is 64.0 cm³/mol. The maximum absolute atomic E-state index is 6.76. The maximum atomic E-state index is 6.76. The van der Waals surface area contributed by atoms with Crippen molar-refractivity contribution < 1.29 is 9.47 Å². The normalized spacial score (nSPS) is 9.56. The van der Waals surface area contributed by atoms with Crippen molar-refractivity contribution in [2.24, 2.45) is 0 Å². The molecule has 86 valence electrons. The molecule has 0 amide bonds. The predicted octanol–water partition coefficient (Wildman–Crippen LogP) is 2.95. The van der Waals surface area contributed by atoms with E-state index >= 15 is 0 Å². The average molecular weight is 219 g/mol. The fourth-order valence-corrected chi connectivity index (χ4v) is 1.44. The van der Waals surface area contributed by atoms with E-state index in [9.17, 15) is 0 Å². The Balaban J connectivity index is 2.84. The van der Waals surface area contributed by atoms with E-state index in [4.69, 9.17) is 16.0 Å². The van der Waals surface area contributed by atoms with E-state index in [-0.39, 0.29) is 0 Å². The van der Waals surface area contributed by atoms with Gasteiger partial charge in [-0.2, -0.15) is 0 Å². The molecule has 0 bridgehead atoms. The molecule has 0 fully saturated rings. The van der Waals surface area contributed by atoms with Crippen LogP contribution in [0.15, 0.2) is 18.2 Å². The molecule has 1 aromatic carbocycles. The minimum atomic E-state index is 0.513. The molecule has 0 aliphatic heterocycles. The molecule has 3 heteroatoms. The third-order valence-electron chi connectivity index (χ3n) is 2.12. The largest absolute Gasteiger partial charge is 0.490 e. The first kappa shape index (κ1) is 12.4. The first-order valence-corrected chi connectivity index (χ1v) is 5.53. The lowest BCUT2D eigenvalue weighted by Crippen LogP contribution is -1.99. The van der Waals surface area contributed by atoms with Gasteiger partial charge in [0.1, 0.15) is 0 Å². The summed E-state index contributed by atoms with van der Waals surface area (Å²) >= 11 is 0. The van der Waals surface area contributed by atoms with Crippen LogP contribution in [0.2, 0.25) is 0 Å². The average Bonchev–Trinajstić information content (AvgIpc) is 2.30. The first-order valence-electron chi connectivity index (χ1n) is 5.53. The summed E-state index contributed by atoms with van der Waals surface area (Å²) in [6.07, 6.45) is 0.760. The van der Waals surface area contributed by atoms with Crippen LogP contribution in [0.1, 0.15) is 19.4 Å². The molecule has 0 radical (unpaired) electrons. The summed E-state index contributed by atoms with van der Waals surface area (Å²) in [6.45, 7) is 12.4. The zero-order chi connectivity index (χ0) is 11.8. The Bertz CT molecular complexity index is 369. The van der Waals surface area contributed by atoms with Crippen molar-refractivity contribution in [3.63, 3.8) is 0 Å². The van der Waals surface area contributed by atoms with Crippen LogP contribution in [0.4, 0.5) is 0 Å². The van der Waals surface area contributed by atoms with E-state index in [1.807, 2.05) is 32.0 Å². The molecule has 0 saturated heterocycles. The monoisotopic (exact) mass is 219 g/mol. The van der Waals surface area contributed by atoms with Crippen LogP contribution >= 0.6 is 0 Å². The molecule has 0 aliphatic carbocycles. The molecule has 16 heavy (non-hydrogen) atoms. The van der Waals surface area contributed by atoms with Crippen molar-refractivity contribution in [1.82, 2.24) is 0 Å². The lowest BCUT2D eigenvalue weighted by Gasteiger charge is -2.11. The molecule has 0 N–H and O–H groups in total. The molecule has 1 rings (SSSR count). The minimum Gasteiger partial charge on any atom is -0.490 e. The van der Waals surface area contributed by atoms with Crippen LogP contribution in [0, 0.1) is 6.57 Å². The van der Waals surface area contributed by atoms with Gasteiger partial charge < -0.3 is 14.3 Å². The molecular weight excluding hydrogens is 202 g/mol. The molecule has 0 aliphatic rings. The zero-order valence-corrected chi connectivity index (χ0v) is 9.82. The fraction of sp³-hybridized carbons (Fsp3) is 0.462. The van der Waals surface area contributed by atoms with Crippen LogP contribution < -0.4 is 9.47 Å². The highest BCUT2D eigenvalue weighted by Gasteiger charge is 2.06. The molecule has 0 unspecified atom stereocenters. The van der Waals surface area contributed by atoms with Gasteiger partial charge in [0.2, 0.25) is 6.54 Å². The number of benzene rings is 1. The number of nitrogens with zero attached hydrogens (tertiary/aromatic N) is 1. The third-order valence-corrected chi connectivity index (χ3v) is 2.12. The van der Waals surface area contributed by atoms with E-state index in [1.165, 1.54) is 0 Å². The van der Waals surface area contributed by atoms with Gasteiger partial charge in [0, 0.05) is 6.42 Å². The number of ether oxygens (including phenoxy) is 2. The summed E-state index contributed by atoms with van der Waals surface area (Å²) in [6, 6.07) is 5.85. The summed E-state index contributed by atoms with van der Waals surface area (Å²) in [4.78, 5) is 3.34. The Hall–Kier alpha value is -1.69. The van der Waals surface area contributed by atoms with Crippen LogP contribution in [0.5, 0.6) is 11.5 Å². The quantitative estimate of drug-likeness (QED) is 0.686. The zero-order valence-electron chi connectivity index (χ0n) is 9.82. The molecule has 0 aromatic heterocycles. The Kier molecular flexibility index (Phi) is 5.21. The van der Waals surface area contributed by atoms with Gasteiger partial charge in [0.05, 0.1) is 13.2 Å². The highest BCUT2D eigenvalue weighted by Crippen LogP contribution is 2.28. The second-order valence-corrected chi connectivity index (χ2v) is 3.28. The summed E-state index contributed by atoms with van der Waals surface area (Å²) in [5, 5.41) is 0. The number of rotatable bonds is 6.